The van der Waals surface area contributed by atoms with E-state index >= 15 is 0 Å². The summed E-state index contributed by atoms with van der Waals surface area (Å²) in [6.07, 6.45) is 0.533. The molecule has 4 heteroatoms. The molecule has 0 bridgehead atoms. The topological polar surface area (TPSA) is 46.2 Å². The number of hydrogen-bond acceptors (Lipinski definition) is 2. The van der Waals surface area contributed by atoms with Crippen LogP contribution in [-0.2, 0) is 5.41 Å². The lowest BCUT2D eigenvalue weighted by molar-refractivity contribution is 0.247. The van der Waals surface area contributed by atoms with Gasteiger partial charge in [0.25, 0.3) is 0 Å². The van der Waals surface area contributed by atoms with Gasteiger partial charge in [-0.05, 0) is 24.1 Å². The highest BCUT2D eigenvalue weighted by molar-refractivity contribution is 6.30. The van der Waals surface area contributed by atoms with Crippen LogP contribution in [0.1, 0.15) is 18.9 Å². The number of benzene rings is 1. The average molecular weight is 232 g/mol. The maximum absolute atomic E-state index is 13.0. The maximum Gasteiger partial charge on any atom is 0.141 e. The fraction of sp³-hybridized carbons (Fsp3) is 0.455. The molecule has 0 spiro atoms. The van der Waals surface area contributed by atoms with Crippen LogP contribution in [0.25, 0.3) is 0 Å². The Bertz CT molecular complexity index is 345. The van der Waals surface area contributed by atoms with Gasteiger partial charge in [0, 0.05) is 18.6 Å². The van der Waals surface area contributed by atoms with E-state index in [9.17, 15) is 4.39 Å². The van der Waals surface area contributed by atoms with E-state index in [0.29, 0.717) is 13.0 Å². The first-order chi connectivity index (χ1) is 7.03. The van der Waals surface area contributed by atoms with E-state index in [-0.39, 0.29) is 17.0 Å². The predicted octanol–water partition coefficient (Wildman–Crippen LogP) is 2.08. The highest BCUT2D eigenvalue weighted by Gasteiger charge is 2.25. The van der Waals surface area contributed by atoms with Crippen molar-refractivity contribution in [3.8, 4) is 0 Å². The molecule has 0 saturated heterocycles. The summed E-state index contributed by atoms with van der Waals surface area (Å²) in [4.78, 5) is 0. The van der Waals surface area contributed by atoms with E-state index in [1.54, 1.807) is 12.1 Å². The molecule has 0 amide bonds. The number of aliphatic hydroxyl groups is 1. The summed E-state index contributed by atoms with van der Waals surface area (Å²) in [5, 5.41) is 9.04. The average Bonchev–Trinajstić information content (AvgIpc) is 2.22. The summed E-state index contributed by atoms with van der Waals surface area (Å²) in [5.74, 6) is -0.441. The lowest BCUT2D eigenvalue weighted by atomic mass is 9.80. The normalized spacial score (nSPS) is 15.0. The number of aliphatic hydroxyl groups excluding tert-OH is 1. The van der Waals surface area contributed by atoms with Crippen LogP contribution in [0.2, 0.25) is 5.02 Å². The van der Waals surface area contributed by atoms with Gasteiger partial charge >= 0.3 is 0 Å². The SMILES string of the molecule is CC(CN)(CCO)c1ccc(F)c(Cl)c1. The lowest BCUT2D eigenvalue weighted by Gasteiger charge is -2.28. The fourth-order valence-corrected chi connectivity index (χ4v) is 1.66. The third-order valence-electron chi connectivity index (χ3n) is 2.73. The van der Waals surface area contributed by atoms with E-state index in [4.69, 9.17) is 22.4 Å². The molecule has 0 saturated carbocycles. The Morgan fingerprint density at radius 2 is 2.20 bits per heavy atom. The molecule has 1 unspecified atom stereocenters. The Kier molecular flexibility index (Phi) is 4.08. The molecule has 0 aliphatic carbocycles. The Labute approximate surface area is 93.9 Å². The molecular weight excluding hydrogens is 217 g/mol. The Morgan fingerprint density at radius 3 is 2.67 bits per heavy atom. The second kappa shape index (κ2) is 4.92. The molecule has 0 radical (unpaired) electrons. The minimum atomic E-state index is -0.441. The molecule has 0 heterocycles. The van der Waals surface area contributed by atoms with Crippen LogP contribution in [0.3, 0.4) is 0 Å². The zero-order valence-corrected chi connectivity index (χ0v) is 9.39. The van der Waals surface area contributed by atoms with E-state index < -0.39 is 5.82 Å². The van der Waals surface area contributed by atoms with Crippen LogP contribution in [0.4, 0.5) is 4.39 Å². The van der Waals surface area contributed by atoms with E-state index in [1.807, 2.05) is 6.92 Å². The van der Waals surface area contributed by atoms with Gasteiger partial charge in [-0.15, -0.1) is 0 Å². The zero-order chi connectivity index (χ0) is 11.5. The molecule has 84 valence electrons. The fourth-order valence-electron chi connectivity index (χ4n) is 1.48. The Morgan fingerprint density at radius 1 is 1.53 bits per heavy atom. The number of hydrogen-bond donors (Lipinski definition) is 2. The third kappa shape index (κ3) is 2.68. The van der Waals surface area contributed by atoms with Gasteiger partial charge in [0.15, 0.2) is 0 Å². The first kappa shape index (κ1) is 12.4. The summed E-state index contributed by atoms with van der Waals surface area (Å²) in [5.41, 5.74) is 6.16. The van der Waals surface area contributed by atoms with Crippen molar-refractivity contribution in [2.75, 3.05) is 13.2 Å². The van der Waals surface area contributed by atoms with Crippen LogP contribution in [-0.4, -0.2) is 18.3 Å². The first-order valence-corrected chi connectivity index (χ1v) is 5.18. The second-order valence-corrected chi connectivity index (χ2v) is 4.27. The van der Waals surface area contributed by atoms with Crippen LogP contribution in [0.15, 0.2) is 18.2 Å². The molecule has 1 atom stereocenters. The largest absolute Gasteiger partial charge is 0.396 e. The van der Waals surface area contributed by atoms with E-state index in [0.717, 1.165) is 5.56 Å². The van der Waals surface area contributed by atoms with E-state index in [1.165, 1.54) is 6.07 Å². The molecular formula is C11H15ClFNO. The van der Waals surface area contributed by atoms with Gasteiger partial charge in [-0.25, -0.2) is 4.39 Å². The number of rotatable bonds is 4. The quantitative estimate of drug-likeness (QED) is 0.834. The highest BCUT2D eigenvalue weighted by Crippen LogP contribution is 2.29. The zero-order valence-electron chi connectivity index (χ0n) is 8.63. The molecule has 15 heavy (non-hydrogen) atoms. The molecule has 1 aromatic rings. The molecule has 3 N–H and O–H groups in total. The molecule has 0 aliphatic rings. The first-order valence-electron chi connectivity index (χ1n) is 4.80. The molecule has 1 aromatic carbocycles. The third-order valence-corrected chi connectivity index (χ3v) is 3.02. The van der Waals surface area contributed by atoms with Crippen LogP contribution in [0.5, 0.6) is 0 Å². The van der Waals surface area contributed by atoms with Crippen molar-refractivity contribution in [3.63, 3.8) is 0 Å². The molecule has 0 aromatic heterocycles. The predicted molar refractivity (Wildman–Crippen MR) is 59.5 cm³/mol. The van der Waals surface area contributed by atoms with Gasteiger partial charge in [-0.3, -0.25) is 0 Å². The minimum Gasteiger partial charge on any atom is -0.396 e. The van der Waals surface area contributed by atoms with Crippen molar-refractivity contribution in [1.29, 1.82) is 0 Å². The second-order valence-electron chi connectivity index (χ2n) is 3.87. The van der Waals surface area contributed by atoms with Gasteiger partial charge in [0.1, 0.15) is 5.82 Å². The molecule has 1 rings (SSSR count). The molecule has 0 aliphatic heterocycles. The van der Waals surface area contributed by atoms with Crippen molar-refractivity contribution < 1.29 is 9.50 Å². The van der Waals surface area contributed by atoms with Crippen molar-refractivity contribution in [1.82, 2.24) is 0 Å². The smallest absolute Gasteiger partial charge is 0.141 e. The van der Waals surface area contributed by atoms with Crippen molar-refractivity contribution in [2.24, 2.45) is 5.73 Å². The maximum atomic E-state index is 13.0. The van der Waals surface area contributed by atoms with Crippen LogP contribution in [0, 0.1) is 5.82 Å². The Hall–Kier alpha value is -0.640. The summed E-state index contributed by atoms with van der Waals surface area (Å²) in [7, 11) is 0. The molecule has 2 nitrogen and oxygen atoms in total. The summed E-state index contributed by atoms with van der Waals surface area (Å²) in [6, 6.07) is 4.55. The monoisotopic (exact) mass is 231 g/mol. The van der Waals surface area contributed by atoms with Crippen molar-refractivity contribution >= 4 is 11.6 Å². The highest BCUT2D eigenvalue weighted by atomic mass is 35.5. The van der Waals surface area contributed by atoms with Crippen LogP contribution >= 0.6 is 11.6 Å². The number of nitrogens with two attached hydrogens (primary N) is 1. The summed E-state index contributed by atoms with van der Waals surface area (Å²) < 4.78 is 13.0. The Balaban J connectivity index is 3.07. The molecule has 0 fully saturated rings. The van der Waals surface area contributed by atoms with Gasteiger partial charge in [0.05, 0.1) is 5.02 Å². The van der Waals surface area contributed by atoms with Gasteiger partial charge in [-0.2, -0.15) is 0 Å². The summed E-state index contributed by atoms with van der Waals surface area (Å²) in [6.45, 7) is 2.35. The van der Waals surface area contributed by atoms with E-state index in [2.05, 4.69) is 0 Å². The lowest BCUT2D eigenvalue weighted by Crippen LogP contribution is -2.32. The van der Waals surface area contributed by atoms with Gasteiger partial charge in [0.2, 0.25) is 0 Å². The standard InChI is InChI=1S/C11H15ClFNO/c1-11(7-14,4-5-15)8-2-3-10(13)9(12)6-8/h2-3,6,15H,4-5,7,14H2,1H3. The van der Waals surface area contributed by atoms with Gasteiger partial charge < -0.3 is 10.8 Å². The van der Waals surface area contributed by atoms with Crippen molar-refractivity contribution in [2.45, 2.75) is 18.8 Å². The van der Waals surface area contributed by atoms with Gasteiger partial charge in [-0.1, -0.05) is 24.6 Å². The van der Waals surface area contributed by atoms with Crippen molar-refractivity contribution in [3.05, 3.63) is 34.6 Å². The summed E-state index contributed by atoms with van der Waals surface area (Å²) >= 11 is 5.70. The minimum absolute atomic E-state index is 0.0443. The number of halogens is 2. The van der Waals surface area contributed by atoms with Crippen LogP contribution < -0.4 is 5.73 Å².